The minimum absolute atomic E-state index is 0.383. The molecule has 3 nitrogen and oxygen atoms in total. The van der Waals surface area contributed by atoms with E-state index in [2.05, 4.69) is 0 Å². The van der Waals surface area contributed by atoms with Crippen molar-refractivity contribution in [1.29, 1.82) is 0 Å². The Kier molecular flexibility index (Phi) is 3.57. The van der Waals surface area contributed by atoms with Crippen molar-refractivity contribution >= 4 is 7.37 Å². The third-order valence-electron chi connectivity index (χ3n) is 4.12. The van der Waals surface area contributed by atoms with Crippen molar-refractivity contribution < 1.29 is 18.6 Å². The van der Waals surface area contributed by atoms with Crippen LogP contribution < -0.4 is 0 Å². The summed E-state index contributed by atoms with van der Waals surface area (Å²) >= 11 is 0. The fourth-order valence-corrected chi connectivity index (χ4v) is 5.17. The van der Waals surface area contributed by atoms with Crippen LogP contribution in [0.4, 0.5) is 4.39 Å². The van der Waals surface area contributed by atoms with Gasteiger partial charge < -0.3 is 9.63 Å². The van der Waals surface area contributed by atoms with E-state index in [1.165, 1.54) is 36.5 Å². The highest BCUT2D eigenvalue weighted by atomic mass is 31.2. The molecule has 2 atom stereocenters. The van der Waals surface area contributed by atoms with Crippen LogP contribution in [0.1, 0.15) is 43.5 Å². The number of rotatable bonds is 2. The van der Waals surface area contributed by atoms with Crippen molar-refractivity contribution in [3.8, 4) is 0 Å². The minimum atomic E-state index is -3.28. The van der Waals surface area contributed by atoms with Crippen LogP contribution in [0.3, 0.4) is 0 Å². The summed E-state index contributed by atoms with van der Waals surface area (Å²) in [5, 5.41) is 10.3. The number of aliphatic hydroxyl groups is 1. The first-order chi connectivity index (χ1) is 9.53. The molecule has 1 N–H and O–H groups in total. The summed E-state index contributed by atoms with van der Waals surface area (Å²) in [6.07, 6.45) is 6.84. The normalized spacial score (nSPS) is 29.7. The molecule has 1 spiro atoms. The number of hydrogen-bond acceptors (Lipinski definition) is 3. The van der Waals surface area contributed by atoms with Crippen LogP contribution in [-0.2, 0) is 9.09 Å². The molecule has 2 unspecified atom stereocenters. The van der Waals surface area contributed by atoms with E-state index < -0.39 is 18.8 Å². The van der Waals surface area contributed by atoms with E-state index in [1.54, 1.807) is 0 Å². The molecule has 108 valence electrons. The summed E-state index contributed by atoms with van der Waals surface area (Å²) < 4.78 is 31.6. The predicted molar refractivity (Wildman–Crippen MR) is 75.0 cm³/mol. The van der Waals surface area contributed by atoms with Crippen LogP contribution in [0.5, 0.6) is 0 Å². The topological polar surface area (TPSA) is 46.5 Å². The Morgan fingerprint density at radius 2 is 1.85 bits per heavy atom. The molecule has 1 aliphatic carbocycles. The molecule has 0 radical (unpaired) electrons. The predicted octanol–water partition coefficient (Wildman–Crippen LogP) is 4.34. The lowest BCUT2D eigenvalue weighted by atomic mass is 9.85. The first-order valence-corrected chi connectivity index (χ1v) is 8.74. The average molecular weight is 296 g/mol. The molecule has 0 saturated heterocycles. The maximum atomic E-state index is 12.9. The zero-order valence-electron chi connectivity index (χ0n) is 11.2. The first-order valence-electron chi connectivity index (χ1n) is 6.97. The van der Waals surface area contributed by atoms with Crippen LogP contribution in [-0.4, -0.2) is 10.7 Å². The monoisotopic (exact) mass is 296 g/mol. The van der Waals surface area contributed by atoms with Gasteiger partial charge in [-0.3, -0.25) is 4.57 Å². The summed E-state index contributed by atoms with van der Waals surface area (Å²) in [5.74, 6) is -0.0710. The molecule has 1 aromatic carbocycles. The second kappa shape index (κ2) is 5.10. The minimum Gasteiger partial charge on any atom is -0.378 e. The lowest BCUT2D eigenvalue weighted by Crippen LogP contribution is -2.29. The Morgan fingerprint density at radius 3 is 2.50 bits per heavy atom. The van der Waals surface area contributed by atoms with Crippen molar-refractivity contribution in [3.63, 3.8) is 0 Å². The highest BCUT2D eigenvalue weighted by molar-refractivity contribution is 7.62. The highest BCUT2D eigenvalue weighted by Gasteiger charge is 2.46. The fourth-order valence-electron chi connectivity index (χ4n) is 2.97. The molecule has 0 amide bonds. The van der Waals surface area contributed by atoms with Gasteiger partial charge in [-0.1, -0.05) is 31.4 Å². The van der Waals surface area contributed by atoms with Gasteiger partial charge in [0.1, 0.15) is 5.82 Å². The average Bonchev–Trinajstić information content (AvgIpc) is 2.78. The summed E-state index contributed by atoms with van der Waals surface area (Å²) in [4.78, 5) is 0. The Labute approximate surface area is 117 Å². The second-order valence-corrected chi connectivity index (χ2v) is 7.86. The van der Waals surface area contributed by atoms with Gasteiger partial charge in [0.25, 0.3) is 7.37 Å². The number of aliphatic hydroxyl groups excluding tert-OH is 1. The van der Waals surface area contributed by atoms with Gasteiger partial charge in [-0.15, -0.1) is 0 Å². The molecule has 20 heavy (non-hydrogen) atoms. The summed E-state index contributed by atoms with van der Waals surface area (Å²) in [5.41, 5.74) is -0.0401. The lowest BCUT2D eigenvalue weighted by Gasteiger charge is -2.33. The van der Waals surface area contributed by atoms with Crippen LogP contribution in [0, 0.1) is 5.82 Å². The highest BCUT2D eigenvalue weighted by Crippen LogP contribution is 2.67. The fraction of sp³-hybridized carbons (Fsp3) is 0.467. The Morgan fingerprint density at radius 1 is 1.20 bits per heavy atom. The largest absolute Gasteiger partial charge is 0.378 e. The number of halogens is 1. The van der Waals surface area contributed by atoms with Crippen molar-refractivity contribution in [2.75, 3.05) is 0 Å². The summed E-state index contributed by atoms with van der Waals surface area (Å²) in [7, 11) is -3.28. The molecule has 0 bridgehead atoms. The van der Waals surface area contributed by atoms with Gasteiger partial charge in [-0.2, -0.15) is 0 Å². The van der Waals surface area contributed by atoms with Crippen molar-refractivity contribution in [1.82, 2.24) is 0 Å². The smallest absolute Gasteiger partial charge is 0.257 e. The quantitative estimate of drug-likeness (QED) is 0.826. The van der Waals surface area contributed by atoms with E-state index >= 15 is 0 Å². The third-order valence-corrected chi connectivity index (χ3v) is 6.31. The molecule has 1 fully saturated rings. The Hall–Kier alpha value is -0.960. The van der Waals surface area contributed by atoms with Gasteiger partial charge in [-0.25, -0.2) is 4.39 Å². The van der Waals surface area contributed by atoms with E-state index in [4.69, 9.17) is 4.52 Å². The Bertz CT molecular complexity index is 561. The van der Waals surface area contributed by atoms with Crippen molar-refractivity contribution in [3.05, 3.63) is 47.5 Å². The second-order valence-electron chi connectivity index (χ2n) is 5.60. The van der Waals surface area contributed by atoms with Gasteiger partial charge >= 0.3 is 0 Å². The van der Waals surface area contributed by atoms with Gasteiger partial charge in [0.05, 0.1) is 5.60 Å². The molecule has 2 aliphatic rings. The van der Waals surface area contributed by atoms with E-state index in [0.29, 0.717) is 5.56 Å². The molecule has 1 saturated carbocycles. The van der Waals surface area contributed by atoms with Gasteiger partial charge in [0.15, 0.2) is 5.85 Å². The molecule has 0 aromatic heterocycles. The van der Waals surface area contributed by atoms with Crippen LogP contribution in [0.2, 0.25) is 0 Å². The van der Waals surface area contributed by atoms with Crippen LogP contribution in [0.25, 0.3) is 0 Å². The standard InChI is InChI=1S/C15H18FO3P/c16-13-6-4-12(5-7-13)14(17)20(18)11-10-15(19-20)8-2-1-3-9-15/h4-7,10-11,14,17H,1-3,8-9H2. The number of benzene rings is 1. The zero-order valence-corrected chi connectivity index (χ0v) is 12.1. The maximum Gasteiger partial charge on any atom is 0.257 e. The van der Waals surface area contributed by atoms with Crippen molar-refractivity contribution in [2.45, 2.75) is 43.6 Å². The van der Waals surface area contributed by atoms with Crippen LogP contribution in [0.15, 0.2) is 36.2 Å². The van der Waals surface area contributed by atoms with Crippen LogP contribution >= 0.6 is 7.37 Å². The lowest BCUT2D eigenvalue weighted by molar-refractivity contribution is 0.0789. The van der Waals surface area contributed by atoms with E-state index in [-0.39, 0.29) is 5.82 Å². The zero-order chi connectivity index (χ0) is 14.2. The molecule has 1 heterocycles. The van der Waals surface area contributed by atoms with E-state index in [9.17, 15) is 14.1 Å². The molecule has 1 aromatic rings. The molecular weight excluding hydrogens is 278 g/mol. The summed E-state index contributed by atoms with van der Waals surface area (Å²) in [6, 6.07) is 5.40. The molecule has 3 rings (SSSR count). The SMILES string of the molecule is O=P1(C(O)c2ccc(F)cc2)C=CC2(CCCCC2)O1. The third kappa shape index (κ3) is 2.48. The molecular formula is C15H18FO3P. The van der Waals surface area contributed by atoms with Gasteiger partial charge in [0, 0.05) is 5.82 Å². The number of hydrogen-bond donors (Lipinski definition) is 1. The summed E-state index contributed by atoms with van der Waals surface area (Å²) in [6.45, 7) is 0. The van der Waals surface area contributed by atoms with Crippen molar-refractivity contribution in [2.24, 2.45) is 0 Å². The Balaban J connectivity index is 1.82. The first kappa shape index (κ1) is 14.0. The molecule has 5 heteroatoms. The van der Waals surface area contributed by atoms with E-state index in [0.717, 1.165) is 25.7 Å². The maximum absolute atomic E-state index is 12.9. The molecule has 1 aliphatic heterocycles. The van der Waals surface area contributed by atoms with Gasteiger partial charge in [-0.05, 0) is 36.6 Å². The van der Waals surface area contributed by atoms with E-state index in [1.807, 2.05) is 6.08 Å². The van der Waals surface area contributed by atoms with Gasteiger partial charge in [0.2, 0.25) is 0 Å².